The lowest BCUT2D eigenvalue weighted by molar-refractivity contribution is 0.0698. The summed E-state index contributed by atoms with van der Waals surface area (Å²) in [4.78, 5) is 22.5. The van der Waals surface area contributed by atoms with Gasteiger partial charge in [-0.2, -0.15) is 0 Å². The second-order valence-corrected chi connectivity index (χ2v) is 5.36. The van der Waals surface area contributed by atoms with E-state index in [1.807, 2.05) is 0 Å². The lowest BCUT2D eigenvalue weighted by Gasteiger charge is -2.09. The van der Waals surface area contributed by atoms with Gasteiger partial charge in [-0.1, -0.05) is 38.4 Å². The van der Waals surface area contributed by atoms with Gasteiger partial charge in [0.15, 0.2) is 0 Å². The molecule has 0 radical (unpaired) electrons. The van der Waals surface area contributed by atoms with Crippen molar-refractivity contribution < 1.29 is 14.7 Å². The van der Waals surface area contributed by atoms with Gasteiger partial charge in [-0.15, -0.1) is 0 Å². The number of anilines is 1. The SMILES string of the molecule is C=C(Br)CNC(=O)Nc1ccc(Br)cc1C(=O)O. The van der Waals surface area contributed by atoms with Gasteiger partial charge < -0.3 is 15.7 Å². The second kappa shape index (κ2) is 6.55. The minimum atomic E-state index is -1.11. The van der Waals surface area contributed by atoms with Crippen LogP contribution >= 0.6 is 31.9 Å². The maximum atomic E-state index is 11.5. The van der Waals surface area contributed by atoms with Gasteiger partial charge >= 0.3 is 12.0 Å². The molecule has 1 aromatic carbocycles. The van der Waals surface area contributed by atoms with Crippen LogP contribution < -0.4 is 10.6 Å². The smallest absolute Gasteiger partial charge is 0.337 e. The predicted molar refractivity (Wildman–Crippen MR) is 76.2 cm³/mol. The first kappa shape index (κ1) is 14.7. The number of hydrogen-bond acceptors (Lipinski definition) is 2. The van der Waals surface area contributed by atoms with E-state index in [0.29, 0.717) is 8.96 Å². The van der Waals surface area contributed by atoms with E-state index in [4.69, 9.17) is 5.11 Å². The van der Waals surface area contributed by atoms with Crippen molar-refractivity contribution in [2.24, 2.45) is 0 Å². The number of rotatable bonds is 4. The Bertz CT molecular complexity index is 503. The third kappa shape index (κ3) is 4.50. The Morgan fingerprint density at radius 2 is 2.06 bits per heavy atom. The topological polar surface area (TPSA) is 78.4 Å². The van der Waals surface area contributed by atoms with Crippen LogP contribution in [0.3, 0.4) is 0 Å². The van der Waals surface area contributed by atoms with Crippen molar-refractivity contribution in [2.75, 3.05) is 11.9 Å². The van der Waals surface area contributed by atoms with Gasteiger partial charge in [0.1, 0.15) is 0 Å². The number of benzene rings is 1. The van der Waals surface area contributed by atoms with Crippen LogP contribution in [0, 0.1) is 0 Å². The molecule has 5 nitrogen and oxygen atoms in total. The van der Waals surface area contributed by atoms with Crippen LogP contribution in [-0.2, 0) is 0 Å². The molecule has 0 spiro atoms. The van der Waals surface area contributed by atoms with Gasteiger partial charge in [-0.05, 0) is 18.2 Å². The average Bonchev–Trinajstić information content (AvgIpc) is 2.28. The number of halogens is 2. The molecule has 0 bridgehead atoms. The summed E-state index contributed by atoms with van der Waals surface area (Å²) >= 11 is 6.27. The van der Waals surface area contributed by atoms with Crippen molar-refractivity contribution in [1.82, 2.24) is 5.32 Å². The van der Waals surface area contributed by atoms with Gasteiger partial charge in [-0.3, -0.25) is 0 Å². The molecule has 0 aliphatic carbocycles. The molecular formula is C11H10Br2N2O3. The summed E-state index contributed by atoms with van der Waals surface area (Å²) in [5, 5.41) is 14.0. The second-order valence-electron chi connectivity index (χ2n) is 3.32. The number of hydrogen-bond donors (Lipinski definition) is 3. The number of carbonyl (C=O) groups excluding carboxylic acids is 1. The van der Waals surface area contributed by atoms with Gasteiger partial charge in [0, 0.05) is 8.96 Å². The first-order chi connectivity index (χ1) is 8.40. The Labute approximate surface area is 121 Å². The highest BCUT2D eigenvalue weighted by molar-refractivity contribution is 9.11. The van der Waals surface area contributed by atoms with E-state index in [9.17, 15) is 9.59 Å². The van der Waals surface area contributed by atoms with Gasteiger partial charge in [0.05, 0.1) is 17.8 Å². The highest BCUT2D eigenvalue weighted by Gasteiger charge is 2.12. The normalized spacial score (nSPS) is 9.67. The molecule has 0 aromatic heterocycles. The first-order valence-corrected chi connectivity index (χ1v) is 6.39. The summed E-state index contributed by atoms with van der Waals surface area (Å²) in [5.41, 5.74) is 0.237. The summed E-state index contributed by atoms with van der Waals surface area (Å²) < 4.78 is 1.24. The van der Waals surface area contributed by atoms with Crippen LogP contribution in [0.15, 0.2) is 33.7 Å². The van der Waals surface area contributed by atoms with E-state index < -0.39 is 12.0 Å². The maximum Gasteiger partial charge on any atom is 0.337 e. The summed E-state index contributed by atoms with van der Waals surface area (Å²) in [7, 11) is 0. The molecule has 0 unspecified atom stereocenters. The molecule has 1 aromatic rings. The molecule has 18 heavy (non-hydrogen) atoms. The van der Waals surface area contributed by atoms with Crippen LogP contribution in [0.2, 0.25) is 0 Å². The molecule has 0 aliphatic heterocycles. The largest absolute Gasteiger partial charge is 0.478 e. The van der Waals surface area contributed by atoms with E-state index in [1.54, 1.807) is 6.07 Å². The van der Waals surface area contributed by atoms with E-state index in [-0.39, 0.29) is 17.8 Å². The Morgan fingerprint density at radius 1 is 1.39 bits per heavy atom. The van der Waals surface area contributed by atoms with Crippen molar-refractivity contribution in [1.29, 1.82) is 0 Å². The Balaban J connectivity index is 2.81. The standard InChI is InChI=1S/C11H10Br2N2O3/c1-6(12)5-14-11(18)15-9-3-2-7(13)4-8(9)10(16)17/h2-4H,1,5H2,(H,16,17)(H2,14,15,18). The monoisotopic (exact) mass is 376 g/mol. The van der Waals surface area contributed by atoms with Crippen LogP contribution in [0.1, 0.15) is 10.4 Å². The fourth-order valence-corrected chi connectivity index (χ4v) is 1.65. The maximum absolute atomic E-state index is 11.5. The molecule has 2 amide bonds. The highest BCUT2D eigenvalue weighted by atomic mass is 79.9. The molecule has 3 N–H and O–H groups in total. The third-order valence-electron chi connectivity index (χ3n) is 1.90. The highest BCUT2D eigenvalue weighted by Crippen LogP contribution is 2.21. The minimum Gasteiger partial charge on any atom is -0.478 e. The summed E-state index contributed by atoms with van der Waals surface area (Å²) in [6, 6.07) is 4.07. The number of aromatic carboxylic acids is 1. The summed E-state index contributed by atoms with van der Waals surface area (Å²) in [6.07, 6.45) is 0. The van der Waals surface area contributed by atoms with Crippen LogP contribution in [0.5, 0.6) is 0 Å². The number of amides is 2. The third-order valence-corrected chi connectivity index (χ3v) is 2.67. The molecule has 0 saturated heterocycles. The van der Waals surface area contributed by atoms with Gasteiger partial charge in [0.25, 0.3) is 0 Å². The minimum absolute atomic E-state index is 0.0113. The first-order valence-electron chi connectivity index (χ1n) is 4.81. The number of urea groups is 1. The fraction of sp³-hybridized carbons (Fsp3) is 0.0909. The molecule has 7 heteroatoms. The van der Waals surface area contributed by atoms with E-state index in [2.05, 4.69) is 49.1 Å². The Kier molecular flexibility index (Phi) is 5.36. The predicted octanol–water partition coefficient (Wildman–Crippen LogP) is 3.18. The molecule has 0 aliphatic rings. The zero-order valence-electron chi connectivity index (χ0n) is 9.17. The number of nitrogens with one attached hydrogen (secondary N) is 2. The van der Waals surface area contributed by atoms with Crippen molar-refractivity contribution in [2.45, 2.75) is 0 Å². The van der Waals surface area contributed by atoms with Crippen LogP contribution in [0.25, 0.3) is 0 Å². The lowest BCUT2D eigenvalue weighted by atomic mass is 10.2. The van der Waals surface area contributed by atoms with Crippen molar-refractivity contribution >= 4 is 49.5 Å². The van der Waals surface area contributed by atoms with Crippen molar-refractivity contribution in [3.05, 3.63) is 39.3 Å². The lowest BCUT2D eigenvalue weighted by Crippen LogP contribution is -2.30. The van der Waals surface area contributed by atoms with E-state index in [0.717, 1.165) is 0 Å². The molecular weight excluding hydrogens is 368 g/mol. The fourth-order valence-electron chi connectivity index (χ4n) is 1.15. The summed E-state index contributed by atoms with van der Waals surface area (Å²) in [5.74, 6) is -1.11. The van der Waals surface area contributed by atoms with E-state index >= 15 is 0 Å². The zero-order chi connectivity index (χ0) is 13.7. The van der Waals surface area contributed by atoms with Gasteiger partial charge in [0.2, 0.25) is 0 Å². The van der Waals surface area contributed by atoms with Crippen molar-refractivity contribution in [3.63, 3.8) is 0 Å². The van der Waals surface area contributed by atoms with E-state index in [1.165, 1.54) is 12.1 Å². The molecule has 0 atom stereocenters. The molecule has 0 saturated carbocycles. The summed E-state index contributed by atoms with van der Waals surface area (Å²) in [6.45, 7) is 3.82. The quantitative estimate of drug-likeness (QED) is 0.753. The Hall–Kier alpha value is -1.34. The van der Waals surface area contributed by atoms with Crippen LogP contribution in [-0.4, -0.2) is 23.7 Å². The van der Waals surface area contributed by atoms with Crippen molar-refractivity contribution in [3.8, 4) is 0 Å². The van der Waals surface area contributed by atoms with Crippen LogP contribution in [0.4, 0.5) is 10.5 Å². The number of carboxylic acids is 1. The number of carbonyl (C=O) groups is 2. The zero-order valence-corrected chi connectivity index (χ0v) is 12.3. The molecule has 96 valence electrons. The average molecular weight is 378 g/mol. The molecule has 1 rings (SSSR count). The number of carboxylic acid groups (broad SMARTS) is 1. The molecule has 0 heterocycles. The van der Waals surface area contributed by atoms with Gasteiger partial charge in [-0.25, -0.2) is 9.59 Å². The Morgan fingerprint density at radius 3 is 2.61 bits per heavy atom. The molecule has 0 fully saturated rings.